The number of amides is 1. The summed E-state index contributed by atoms with van der Waals surface area (Å²) in [6, 6.07) is 13.4. The Balaban J connectivity index is 1.85. The number of hydrazone groups is 1. The minimum Gasteiger partial charge on any atom is -0.483 e. The highest BCUT2D eigenvalue weighted by Gasteiger charge is 2.08. The fourth-order valence-electron chi connectivity index (χ4n) is 2.13. The molecule has 2 aromatic carbocycles. The van der Waals surface area contributed by atoms with E-state index < -0.39 is 10.8 Å². The maximum absolute atomic E-state index is 11.8. The van der Waals surface area contributed by atoms with Crippen molar-refractivity contribution in [3.63, 3.8) is 0 Å². The van der Waals surface area contributed by atoms with Crippen LogP contribution in [0, 0.1) is 10.1 Å². The Hall–Kier alpha value is -3.22. The predicted octanol–water partition coefficient (Wildman–Crippen LogP) is 3.25. The summed E-state index contributed by atoms with van der Waals surface area (Å²) in [5, 5.41) is 14.4. The fourth-order valence-corrected chi connectivity index (χ4v) is 2.13. The standard InChI is InChI=1S/C18H19N3O4/c1-13(2)16-5-3-4-6-17(16)25-12-18(22)20-19-11-14-7-9-15(10-8-14)21(23)24/h3-11,13H,12H2,1-2H3,(H,20,22). The summed E-state index contributed by atoms with van der Waals surface area (Å²) < 4.78 is 5.54. The third-order valence-electron chi connectivity index (χ3n) is 3.41. The molecule has 0 aromatic heterocycles. The van der Waals surface area contributed by atoms with Gasteiger partial charge in [0.25, 0.3) is 11.6 Å². The first-order valence-electron chi connectivity index (χ1n) is 7.75. The van der Waals surface area contributed by atoms with Crippen molar-refractivity contribution in [3.05, 3.63) is 69.8 Å². The molecule has 7 heteroatoms. The molecule has 130 valence electrons. The lowest BCUT2D eigenvalue weighted by Gasteiger charge is -2.12. The van der Waals surface area contributed by atoms with Crippen LogP contribution in [0.3, 0.4) is 0 Å². The number of para-hydroxylation sites is 1. The Morgan fingerprint density at radius 3 is 2.56 bits per heavy atom. The summed E-state index contributed by atoms with van der Waals surface area (Å²) >= 11 is 0. The molecule has 0 atom stereocenters. The third kappa shape index (κ3) is 5.42. The van der Waals surface area contributed by atoms with E-state index in [2.05, 4.69) is 24.4 Å². The van der Waals surface area contributed by atoms with Crippen LogP contribution in [0.2, 0.25) is 0 Å². The van der Waals surface area contributed by atoms with Gasteiger partial charge in [-0.05, 0) is 35.2 Å². The minimum atomic E-state index is -0.477. The molecule has 0 heterocycles. The van der Waals surface area contributed by atoms with Gasteiger partial charge in [-0.25, -0.2) is 5.43 Å². The first-order chi connectivity index (χ1) is 12.0. The van der Waals surface area contributed by atoms with E-state index in [1.165, 1.54) is 18.3 Å². The molecule has 1 N–H and O–H groups in total. The normalized spacial score (nSPS) is 10.8. The summed E-state index contributed by atoms with van der Waals surface area (Å²) in [6.45, 7) is 3.95. The molecule has 0 aliphatic carbocycles. The van der Waals surface area contributed by atoms with Gasteiger partial charge in [0.15, 0.2) is 6.61 Å². The van der Waals surface area contributed by atoms with Crippen LogP contribution in [0.25, 0.3) is 0 Å². The molecule has 0 fully saturated rings. The number of nitrogens with zero attached hydrogens (tertiary/aromatic N) is 2. The first kappa shape index (κ1) is 18.1. The Morgan fingerprint density at radius 1 is 1.24 bits per heavy atom. The number of hydrogen-bond donors (Lipinski definition) is 1. The Labute approximate surface area is 145 Å². The van der Waals surface area contributed by atoms with Gasteiger partial charge in [-0.3, -0.25) is 14.9 Å². The largest absolute Gasteiger partial charge is 0.483 e. The molecule has 0 aliphatic heterocycles. The molecule has 0 spiro atoms. The molecule has 1 amide bonds. The summed E-state index contributed by atoms with van der Waals surface area (Å²) in [6.07, 6.45) is 1.41. The molecule has 2 rings (SSSR count). The quantitative estimate of drug-likeness (QED) is 0.475. The van der Waals surface area contributed by atoms with Crippen molar-refractivity contribution in [3.8, 4) is 5.75 Å². The topological polar surface area (TPSA) is 93.8 Å². The average Bonchev–Trinajstić information content (AvgIpc) is 2.60. The molecule has 0 unspecified atom stereocenters. The molecular weight excluding hydrogens is 322 g/mol. The van der Waals surface area contributed by atoms with Gasteiger partial charge < -0.3 is 4.74 Å². The minimum absolute atomic E-state index is 0.00148. The van der Waals surface area contributed by atoms with E-state index in [1.54, 1.807) is 12.1 Å². The van der Waals surface area contributed by atoms with E-state index in [0.717, 1.165) is 5.56 Å². The number of benzene rings is 2. The smallest absolute Gasteiger partial charge is 0.277 e. The predicted molar refractivity (Wildman–Crippen MR) is 94.9 cm³/mol. The zero-order valence-corrected chi connectivity index (χ0v) is 14.0. The van der Waals surface area contributed by atoms with Crippen LogP contribution < -0.4 is 10.2 Å². The highest BCUT2D eigenvalue weighted by molar-refractivity contribution is 5.83. The van der Waals surface area contributed by atoms with Gasteiger partial charge in [0.2, 0.25) is 0 Å². The lowest BCUT2D eigenvalue weighted by Crippen LogP contribution is -2.24. The van der Waals surface area contributed by atoms with Crippen LogP contribution >= 0.6 is 0 Å². The van der Waals surface area contributed by atoms with Crippen molar-refractivity contribution in [2.45, 2.75) is 19.8 Å². The molecule has 0 saturated carbocycles. The number of non-ortho nitro benzene ring substituents is 1. The maximum atomic E-state index is 11.8. The first-order valence-corrected chi connectivity index (χ1v) is 7.75. The lowest BCUT2D eigenvalue weighted by atomic mass is 10.0. The second-order valence-electron chi connectivity index (χ2n) is 5.62. The van der Waals surface area contributed by atoms with E-state index in [1.807, 2.05) is 24.3 Å². The number of nitro benzene ring substituents is 1. The van der Waals surface area contributed by atoms with E-state index >= 15 is 0 Å². The van der Waals surface area contributed by atoms with Crippen molar-refractivity contribution >= 4 is 17.8 Å². The van der Waals surface area contributed by atoms with Gasteiger partial charge in [-0.2, -0.15) is 5.10 Å². The van der Waals surface area contributed by atoms with Crippen molar-refractivity contribution in [1.82, 2.24) is 5.43 Å². The van der Waals surface area contributed by atoms with Gasteiger partial charge in [-0.15, -0.1) is 0 Å². The van der Waals surface area contributed by atoms with Crippen molar-refractivity contribution in [2.75, 3.05) is 6.61 Å². The summed E-state index contributed by atoms with van der Waals surface area (Å²) in [4.78, 5) is 21.9. The van der Waals surface area contributed by atoms with E-state index in [9.17, 15) is 14.9 Å². The zero-order chi connectivity index (χ0) is 18.2. The summed E-state index contributed by atoms with van der Waals surface area (Å²) in [5.74, 6) is 0.572. The Bertz CT molecular complexity index is 770. The molecule has 0 radical (unpaired) electrons. The average molecular weight is 341 g/mol. The van der Waals surface area contributed by atoms with Crippen LogP contribution in [-0.4, -0.2) is 23.7 Å². The second-order valence-corrected chi connectivity index (χ2v) is 5.62. The van der Waals surface area contributed by atoms with Gasteiger partial charge in [0.1, 0.15) is 5.75 Å². The van der Waals surface area contributed by atoms with E-state index in [-0.39, 0.29) is 12.3 Å². The lowest BCUT2D eigenvalue weighted by molar-refractivity contribution is -0.384. The molecule has 0 aliphatic rings. The fraction of sp³-hybridized carbons (Fsp3) is 0.222. The molecule has 0 bridgehead atoms. The maximum Gasteiger partial charge on any atom is 0.277 e. The van der Waals surface area contributed by atoms with Crippen molar-refractivity contribution in [1.29, 1.82) is 0 Å². The monoisotopic (exact) mass is 341 g/mol. The summed E-state index contributed by atoms with van der Waals surface area (Å²) in [7, 11) is 0. The number of rotatable bonds is 7. The molecular formula is C18H19N3O4. The van der Waals surface area contributed by atoms with Crippen LogP contribution in [-0.2, 0) is 4.79 Å². The molecule has 2 aromatic rings. The van der Waals surface area contributed by atoms with Gasteiger partial charge in [-0.1, -0.05) is 32.0 Å². The molecule has 25 heavy (non-hydrogen) atoms. The second kappa shape index (κ2) is 8.58. The molecule has 0 saturated heterocycles. The highest BCUT2D eigenvalue weighted by Crippen LogP contribution is 2.25. The van der Waals surface area contributed by atoms with Crippen LogP contribution in [0.15, 0.2) is 53.6 Å². The van der Waals surface area contributed by atoms with Gasteiger partial charge >= 0.3 is 0 Å². The number of ether oxygens (including phenoxy) is 1. The van der Waals surface area contributed by atoms with Crippen molar-refractivity contribution in [2.24, 2.45) is 5.10 Å². The van der Waals surface area contributed by atoms with E-state index in [4.69, 9.17) is 4.74 Å². The highest BCUT2D eigenvalue weighted by atomic mass is 16.6. The number of carbonyl (C=O) groups excluding carboxylic acids is 1. The molecule has 7 nitrogen and oxygen atoms in total. The SMILES string of the molecule is CC(C)c1ccccc1OCC(=O)NN=Cc1ccc([N+](=O)[O-])cc1. The number of hydrogen-bond acceptors (Lipinski definition) is 5. The Morgan fingerprint density at radius 2 is 1.92 bits per heavy atom. The number of carbonyl (C=O) groups is 1. The van der Waals surface area contributed by atoms with Crippen LogP contribution in [0.1, 0.15) is 30.9 Å². The van der Waals surface area contributed by atoms with Crippen LogP contribution in [0.4, 0.5) is 5.69 Å². The number of nitrogens with one attached hydrogen (secondary N) is 1. The van der Waals surface area contributed by atoms with Crippen LogP contribution in [0.5, 0.6) is 5.75 Å². The summed E-state index contributed by atoms with van der Waals surface area (Å²) in [5.41, 5.74) is 4.03. The zero-order valence-electron chi connectivity index (χ0n) is 14.0. The van der Waals surface area contributed by atoms with E-state index in [0.29, 0.717) is 17.2 Å². The third-order valence-corrected chi connectivity index (χ3v) is 3.41. The number of nitro groups is 1. The van der Waals surface area contributed by atoms with Gasteiger partial charge in [0, 0.05) is 12.1 Å². The van der Waals surface area contributed by atoms with Crippen molar-refractivity contribution < 1.29 is 14.5 Å². The van der Waals surface area contributed by atoms with Gasteiger partial charge in [0.05, 0.1) is 11.1 Å². The Kier molecular flexibility index (Phi) is 6.22.